The Morgan fingerprint density at radius 2 is 1.23 bits per heavy atom. The first-order chi connectivity index (χ1) is 10.5. The van der Waals surface area contributed by atoms with Crippen LogP contribution < -0.4 is 0 Å². The second-order valence-electron chi connectivity index (χ2n) is 4.34. The van der Waals surface area contributed by atoms with Crippen LogP contribution in [0.5, 0.6) is 0 Å². The number of rotatable bonds is 4. The molecule has 0 aliphatic carbocycles. The highest BCUT2D eigenvalue weighted by atomic mass is 35.5. The Labute approximate surface area is 136 Å². The maximum Gasteiger partial charge on any atom is 0.178 e. The van der Waals surface area contributed by atoms with Crippen LogP contribution in [0.4, 0.5) is 8.78 Å². The Morgan fingerprint density at radius 3 is 1.59 bits per heavy atom. The second-order valence-corrected chi connectivity index (χ2v) is 5.15. The summed E-state index contributed by atoms with van der Waals surface area (Å²) in [5.41, 5.74) is 0.240. The zero-order valence-electron chi connectivity index (χ0n) is 11.2. The molecule has 0 radical (unpaired) electrons. The lowest BCUT2D eigenvalue weighted by molar-refractivity contribution is -0.110. The van der Waals surface area contributed by atoms with Gasteiger partial charge in [-0.05, 0) is 48.6 Å². The zero-order chi connectivity index (χ0) is 16.1. The van der Waals surface area contributed by atoms with E-state index in [9.17, 15) is 13.6 Å². The molecule has 2 aromatic carbocycles. The summed E-state index contributed by atoms with van der Waals surface area (Å²) < 4.78 is 27.1. The minimum absolute atomic E-state index is 0.120. The third kappa shape index (κ3) is 4.03. The average molecular weight is 339 g/mol. The van der Waals surface area contributed by atoms with Gasteiger partial charge in [0.15, 0.2) is 5.78 Å². The first-order valence-electron chi connectivity index (χ1n) is 6.27. The molecule has 0 heterocycles. The molecule has 0 amide bonds. The largest absolute Gasteiger partial charge is 0.290 e. The van der Waals surface area contributed by atoms with Gasteiger partial charge in [0.05, 0.1) is 10.0 Å². The number of hydrogen-bond acceptors (Lipinski definition) is 1. The molecule has 5 heteroatoms. The summed E-state index contributed by atoms with van der Waals surface area (Å²) in [6.45, 7) is 0. The van der Waals surface area contributed by atoms with E-state index in [0.717, 1.165) is 12.2 Å². The fraction of sp³-hybridized carbons (Fsp3) is 0. The third-order valence-electron chi connectivity index (χ3n) is 2.83. The average Bonchev–Trinajstić information content (AvgIpc) is 2.46. The molecule has 0 N–H and O–H groups in total. The fourth-order valence-electron chi connectivity index (χ4n) is 1.73. The minimum Gasteiger partial charge on any atom is -0.290 e. The molecule has 0 atom stereocenters. The van der Waals surface area contributed by atoms with Gasteiger partial charge in [0.25, 0.3) is 0 Å². The van der Waals surface area contributed by atoms with Crippen molar-refractivity contribution >= 4 is 41.1 Å². The molecular formula is C17H10Cl2F2O. The molecule has 0 fully saturated rings. The van der Waals surface area contributed by atoms with Crippen LogP contribution in [0.15, 0.2) is 48.6 Å². The predicted octanol–water partition coefficient (Wildman–Crippen LogP) is 5.57. The molecule has 0 unspecified atom stereocenters. The van der Waals surface area contributed by atoms with Gasteiger partial charge in [0.1, 0.15) is 11.6 Å². The number of ketones is 1. The van der Waals surface area contributed by atoms with E-state index >= 15 is 0 Å². The number of allylic oxidation sites excluding steroid dienone is 2. The van der Waals surface area contributed by atoms with Gasteiger partial charge in [-0.25, -0.2) is 8.78 Å². The van der Waals surface area contributed by atoms with Crippen molar-refractivity contribution in [1.82, 2.24) is 0 Å². The molecule has 2 rings (SSSR count). The van der Waals surface area contributed by atoms with Crippen LogP contribution in [0.1, 0.15) is 11.1 Å². The molecule has 0 saturated carbocycles. The lowest BCUT2D eigenvalue weighted by atomic mass is 10.1. The normalized spacial score (nSPS) is 11.5. The highest BCUT2D eigenvalue weighted by Crippen LogP contribution is 2.21. The maximum absolute atomic E-state index is 13.5. The molecule has 1 nitrogen and oxygen atoms in total. The Hall–Kier alpha value is -1.97. The highest BCUT2D eigenvalue weighted by Gasteiger charge is 2.05. The second kappa shape index (κ2) is 7.34. The monoisotopic (exact) mass is 338 g/mol. The molecule has 112 valence electrons. The van der Waals surface area contributed by atoms with E-state index < -0.39 is 17.4 Å². The number of benzene rings is 2. The van der Waals surface area contributed by atoms with Gasteiger partial charge < -0.3 is 0 Å². The van der Waals surface area contributed by atoms with Crippen molar-refractivity contribution in [3.05, 3.63) is 81.4 Å². The van der Waals surface area contributed by atoms with Crippen molar-refractivity contribution in [2.75, 3.05) is 0 Å². The lowest BCUT2D eigenvalue weighted by Gasteiger charge is -1.99. The van der Waals surface area contributed by atoms with Crippen LogP contribution in [0, 0.1) is 11.6 Å². The summed E-state index contributed by atoms with van der Waals surface area (Å²) in [6, 6.07) is 8.46. The topological polar surface area (TPSA) is 17.1 Å². The van der Waals surface area contributed by atoms with E-state index in [4.69, 9.17) is 23.2 Å². The van der Waals surface area contributed by atoms with E-state index in [1.54, 1.807) is 0 Å². The number of carbonyl (C=O) groups excluding carboxylic acids is 1. The Morgan fingerprint density at radius 1 is 0.818 bits per heavy atom. The van der Waals surface area contributed by atoms with Gasteiger partial charge >= 0.3 is 0 Å². The minimum atomic E-state index is -0.530. The van der Waals surface area contributed by atoms with Gasteiger partial charge in [-0.1, -0.05) is 35.3 Å². The summed E-state index contributed by atoms with van der Waals surface area (Å²) in [4.78, 5) is 11.7. The molecular weight excluding hydrogens is 329 g/mol. The molecule has 0 spiro atoms. The zero-order valence-corrected chi connectivity index (χ0v) is 12.7. The van der Waals surface area contributed by atoms with Crippen molar-refractivity contribution in [2.24, 2.45) is 0 Å². The van der Waals surface area contributed by atoms with Gasteiger partial charge in [0, 0.05) is 11.1 Å². The Bertz CT molecular complexity index is 663. The van der Waals surface area contributed by atoms with Crippen LogP contribution in [0.2, 0.25) is 10.0 Å². The number of halogens is 4. The van der Waals surface area contributed by atoms with Crippen LogP contribution in [0.3, 0.4) is 0 Å². The SMILES string of the molecule is O=C(/C=C\c1c(F)cccc1Cl)/C=C\c1c(F)cccc1Cl. The molecule has 0 saturated heterocycles. The van der Waals surface area contributed by atoms with Crippen molar-refractivity contribution in [3.8, 4) is 0 Å². The van der Waals surface area contributed by atoms with Crippen molar-refractivity contribution < 1.29 is 13.6 Å². The van der Waals surface area contributed by atoms with Gasteiger partial charge in [-0.2, -0.15) is 0 Å². The summed E-state index contributed by atoms with van der Waals surface area (Å²) in [5.74, 6) is -1.51. The fourth-order valence-corrected chi connectivity index (χ4v) is 2.18. The smallest absolute Gasteiger partial charge is 0.178 e. The number of hydrogen-bond donors (Lipinski definition) is 0. The molecule has 0 aromatic heterocycles. The quantitative estimate of drug-likeness (QED) is 0.666. The van der Waals surface area contributed by atoms with E-state index in [1.807, 2.05) is 0 Å². The van der Waals surface area contributed by atoms with Gasteiger partial charge in [-0.3, -0.25) is 4.79 Å². The molecule has 0 aliphatic rings. The van der Waals surface area contributed by atoms with Crippen molar-refractivity contribution in [3.63, 3.8) is 0 Å². The van der Waals surface area contributed by atoms with E-state index in [2.05, 4.69) is 0 Å². The van der Waals surface area contributed by atoms with Crippen LogP contribution in [-0.4, -0.2) is 5.78 Å². The maximum atomic E-state index is 13.5. The van der Waals surface area contributed by atoms with Crippen molar-refractivity contribution in [2.45, 2.75) is 0 Å². The van der Waals surface area contributed by atoms with Gasteiger partial charge in [0.2, 0.25) is 0 Å². The Balaban J connectivity index is 2.17. The lowest BCUT2D eigenvalue weighted by Crippen LogP contribution is -1.89. The van der Waals surface area contributed by atoms with Crippen LogP contribution in [-0.2, 0) is 4.79 Å². The van der Waals surface area contributed by atoms with E-state index in [0.29, 0.717) is 0 Å². The van der Waals surface area contributed by atoms with Crippen LogP contribution >= 0.6 is 23.2 Å². The van der Waals surface area contributed by atoms with Crippen molar-refractivity contribution in [1.29, 1.82) is 0 Å². The van der Waals surface area contributed by atoms with Gasteiger partial charge in [-0.15, -0.1) is 0 Å². The highest BCUT2D eigenvalue weighted by molar-refractivity contribution is 6.32. The number of carbonyl (C=O) groups is 1. The molecule has 0 aliphatic heterocycles. The summed E-state index contributed by atoms with van der Waals surface area (Å²) >= 11 is 11.7. The van der Waals surface area contributed by atoms with E-state index in [-0.39, 0.29) is 21.2 Å². The molecule has 2 aromatic rings. The summed E-state index contributed by atoms with van der Waals surface area (Å²) in [6.07, 6.45) is 4.84. The first kappa shape index (κ1) is 16.4. The standard InChI is InChI=1S/C17H10Cl2F2O/c18-14-3-1-5-16(20)12(14)9-7-11(22)8-10-13-15(19)4-2-6-17(13)21/h1-10H/b9-7-,10-8-. The summed E-state index contributed by atoms with van der Waals surface area (Å²) in [5, 5.41) is 0.398. The predicted molar refractivity (Wildman–Crippen MR) is 85.9 cm³/mol. The van der Waals surface area contributed by atoms with Crippen LogP contribution in [0.25, 0.3) is 12.2 Å². The third-order valence-corrected chi connectivity index (χ3v) is 3.49. The van der Waals surface area contributed by atoms with E-state index in [1.165, 1.54) is 48.6 Å². The Kier molecular flexibility index (Phi) is 5.47. The first-order valence-corrected chi connectivity index (χ1v) is 7.03. The molecule has 0 bridgehead atoms. The summed E-state index contributed by atoms with van der Waals surface area (Å²) in [7, 11) is 0. The molecule has 22 heavy (non-hydrogen) atoms.